The van der Waals surface area contributed by atoms with E-state index < -0.39 is 0 Å². The fourth-order valence-electron chi connectivity index (χ4n) is 1.42. The highest BCUT2D eigenvalue weighted by atomic mass is 16.3. The summed E-state index contributed by atoms with van der Waals surface area (Å²) in [4.78, 5) is 0. The molecule has 70 valence electrons. The summed E-state index contributed by atoms with van der Waals surface area (Å²) in [5.74, 6) is 0.317. The molecule has 0 aliphatic rings. The zero-order chi connectivity index (χ0) is 9.84. The lowest BCUT2D eigenvalue weighted by Gasteiger charge is -2.12. The number of phenols is 1. The van der Waals surface area contributed by atoms with Gasteiger partial charge in [0.1, 0.15) is 5.75 Å². The maximum Gasteiger partial charge on any atom is 0.119 e. The highest BCUT2D eigenvalue weighted by molar-refractivity contribution is 5.41. The Morgan fingerprint density at radius 2 is 2.31 bits per heavy atom. The largest absolute Gasteiger partial charge is 0.508 e. The van der Waals surface area contributed by atoms with E-state index in [0.29, 0.717) is 5.75 Å². The smallest absolute Gasteiger partial charge is 0.119 e. The second-order valence-electron chi connectivity index (χ2n) is 2.96. The highest BCUT2D eigenvalue weighted by Crippen LogP contribution is 2.25. The molecule has 0 saturated heterocycles. The summed E-state index contributed by atoms with van der Waals surface area (Å²) >= 11 is 0. The fourth-order valence-corrected chi connectivity index (χ4v) is 1.42. The fraction of sp³-hybridized carbons (Fsp3) is 0.273. The third-order valence-electron chi connectivity index (χ3n) is 2.15. The average Bonchev–Trinajstić information content (AvgIpc) is 2.16. The molecule has 2 heteroatoms. The van der Waals surface area contributed by atoms with E-state index in [4.69, 9.17) is 5.73 Å². The van der Waals surface area contributed by atoms with Crippen molar-refractivity contribution in [1.82, 2.24) is 0 Å². The summed E-state index contributed by atoms with van der Waals surface area (Å²) in [6, 6.07) is 5.21. The lowest BCUT2D eigenvalue weighted by molar-refractivity contribution is 0.467. The molecule has 0 unspecified atom stereocenters. The quantitative estimate of drug-likeness (QED) is 0.695. The van der Waals surface area contributed by atoms with Crippen molar-refractivity contribution in [1.29, 1.82) is 0 Å². The van der Waals surface area contributed by atoms with E-state index in [9.17, 15) is 5.11 Å². The van der Waals surface area contributed by atoms with Gasteiger partial charge in [0.05, 0.1) is 0 Å². The minimum absolute atomic E-state index is 0.193. The van der Waals surface area contributed by atoms with Crippen LogP contribution in [0.25, 0.3) is 0 Å². The van der Waals surface area contributed by atoms with Gasteiger partial charge in [-0.25, -0.2) is 0 Å². The molecule has 0 radical (unpaired) electrons. The van der Waals surface area contributed by atoms with E-state index in [1.807, 2.05) is 13.0 Å². The van der Waals surface area contributed by atoms with Crippen LogP contribution in [0.1, 0.15) is 24.1 Å². The maximum absolute atomic E-state index is 9.55. The second-order valence-corrected chi connectivity index (χ2v) is 2.96. The first-order valence-corrected chi connectivity index (χ1v) is 4.39. The van der Waals surface area contributed by atoms with Crippen LogP contribution >= 0.6 is 0 Å². The van der Waals surface area contributed by atoms with Crippen LogP contribution in [-0.4, -0.2) is 5.11 Å². The van der Waals surface area contributed by atoms with Crippen molar-refractivity contribution in [3.8, 4) is 5.75 Å². The van der Waals surface area contributed by atoms with E-state index in [2.05, 4.69) is 6.58 Å². The molecule has 1 aromatic carbocycles. The van der Waals surface area contributed by atoms with Gasteiger partial charge in [-0.05, 0) is 23.6 Å². The predicted octanol–water partition coefficient (Wildman–Crippen LogP) is 2.14. The van der Waals surface area contributed by atoms with Crippen LogP contribution in [0.15, 0.2) is 30.9 Å². The molecule has 0 saturated carbocycles. The van der Waals surface area contributed by atoms with Crippen molar-refractivity contribution in [2.75, 3.05) is 0 Å². The van der Waals surface area contributed by atoms with Crippen molar-refractivity contribution in [2.24, 2.45) is 5.73 Å². The molecule has 1 rings (SSSR count). The van der Waals surface area contributed by atoms with Gasteiger partial charge in [0, 0.05) is 6.04 Å². The molecule has 1 atom stereocenters. The SMILES string of the molecule is C=C[C@H](N)c1cccc(O)c1CC. The third kappa shape index (κ3) is 1.90. The van der Waals surface area contributed by atoms with Crippen LogP contribution < -0.4 is 5.73 Å². The molecule has 0 aromatic heterocycles. The lowest BCUT2D eigenvalue weighted by Crippen LogP contribution is -2.09. The summed E-state index contributed by atoms with van der Waals surface area (Å²) in [7, 11) is 0. The molecule has 0 bridgehead atoms. The number of hydrogen-bond acceptors (Lipinski definition) is 2. The minimum atomic E-state index is -0.193. The van der Waals surface area contributed by atoms with E-state index >= 15 is 0 Å². The van der Waals surface area contributed by atoms with Crippen LogP contribution in [-0.2, 0) is 6.42 Å². The van der Waals surface area contributed by atoms with Gasteiger partial charge in [0.2, 0.25) is 0 Å². The number of nitrogens with two attached hydrogens (primary N) is 1. The molecule has 1 aromatic rings. The Kier molecular flexibility index (Phi) is 3.09. The Hall–Kier alpha value is -1.28. The molecule has 0 fully saturated rings. The minimum Gasteiger partial charge on any atom is -0.508 e. The zero-order valence-corrected chi connectivity index (χ0v) is 7.83. The summed E-state index contributed by atoms with van der Waals surface area (Å²) in [6.07, 6.45) is 2.46. The first kappa shape index (κ1) is 9.81. The zero-order valence-electron chi connectivity index (χ0n) is 7.83. The van der Waals surface area contributed by atoms with Gasteiger partial charge < -0.3 is 10.8 Å². The van der Waals surface area contributed by atoms with Gasteiger partial charge in [0.25, 0.3) is 0 Å². The molecule has 0 spiro atoms. The monoisotopic (exact) mass is 177 g/mol. The number of phenolic OH excluding ortho intramolecular Hbond substituents is 1. The Bertz CT molecular complexity index is 307. The molecular weight excluding hydrogens is 162 g/mol. The van der Waals surface area contributed by atoms with Gasteiger partial charge in [-0.1, -0.05) is 25.1 Å². The summed E-state index contributed by atoms with van der Waals surface area (Å²) in [5.41, 5.74) is 7.68. The summed E-state index contributed by atoms with van der Waals surface area (Å²) < 4.78 is 0. The summed E-state index contributed by atoms with van der Waals surface area (Å²) in [6.45, 7) is 5.63. The molecule has 0 amide bonds. The normalized spacial score (nSPS) is 12.5. The van der Waals surface area contributed by atoms with Gasteiger partial charge >= 0.3 is 0 Å². The Balaban J connectivity index is 3.19. The van der Waals surface area contributed by atoms with Gasteiger partial charge in [0.15, 0.2) is 0 Å². The Morgan fingerprint density at radius 1 is 1.62 bits per heavy atom. The molecular formula is C11H15NO. The lowest BCUT2D eigenvalue weighted by atomic mass is 9.98. The number of aromatic hydroxyl groups is 1. The Labute approximate surface area is 78.7 Å². The van der Waals surface area contributed by atoms with Crippen LogP contribution in [0.5, 0.6) is 5.75 Å². The van der Waals surface area contributed by atoms with Crippen LogP contribution in [0.3, 0.4) is 0 Å². The van der Waals surface area contributed by atoms with Crippen molar-refractivity contribution < 1.29 is 5.11 Å². The van der Waals surface area contributed by atoms with E-state index in [1.54, 1.807) is 18.2 Å². The molecule has 2 nitrogen and oxygen atoms in total. The Morgan fingerprint density at radius 3 is 2.85 bits per heavy atom. The standard InChI is InChI=1S/C11H15NO/c1-3-8-9(10(12)4-2)6-5-7-11(8)13/h4-7,10,13H,2-3,12H2,1H3/t10-/m0/s1. The van der Waals surface area contributed by atoms with Crippen LogP contribution in [0.2, 0.25) is 0 Å². The van der Waals surface area contributed by atoms with E-state index in [-0.39, 0.29) is 6.04 Å². The second kappa shape index (κ2) is 4.10. The predicted molar refractivity (Wildman–Crippen MR) is 54.6 cm³/mol. The number of rotatable bonds is 3. The third-order valence-corrected chi connectivity index (χ3v) is 2.15. The first-order valence-electron chi connectivity index (χ1n) is 4.39. The van der Waals surface area contributed by atoms with Crippen LogP contribution in [0.4, 0.5) is 0 Å². The van der Waals surface area contributed by atoms with Crippen molar-refractivity contribution in [3.05, 3.63) is 42.0 Å². The average molecular weight is 177 g/mol. The molecule has 0 aliphatic carbocycles. The maximum atomic E-state index is 9.55. The topological polar surface area (TPSA) is 46.2 Å². The van der Waals surface area contributed by atoms with Crippen LogP contribution in [0, 0.1) is 0 Å². The number of benzene rings is 1. The van der Waals surface area contributed by atoms with Crippen molar-refractivity contribution in [2.45, 2.75) is 19.4 Å². The highest BCUT2D eigenvalue weighted by Gasteiger charge is 2.09. The molecule has 0 heterocycles. The molecule has 0 aliphatic heterocycles. The van der Waals surface area contributed by atoms with Crippen molar-refractivity contribution in [3.63, 3.8) is 0 Å². The van der Waals surface area contributed by atoms with Crippen molar-refractivity contribution >= 4 is 0 Å². The van der Waals surface area contributed by atoms with E-state index in [0.717, 1.165) is 17.5 Å². The first-order chi connectivity index (χ1) is 6.20. The van der Waals surface area contributed by atoms with E-state index in [1.165, 1.54) is 0 Å². The summed E-state index contributed by atoms with van der Waals surface area (Å²) in [5, 5.41) is 9.55. The van der Waals surface area contributed by atoms with Gasteiger partial charge in [-0.2, -0.15) is 0 Å². The van der Waals surface area contributed by atoms with Gasteiger partial charge in [-0.3, -0.25) is 0 Å². The number of hydrogen-bond donors (Lipinski definition) is 2. The van der Waals surface area contributed by atoms with Gasteiger partial charge in [-0.15, -0.1) is 6.58 Å². The molecule has 3 N–H and O–H groups in total. The molecule has 13 heavy (non-hydrogen) atoms.